The van der Waals surface area contributed by atoms with Crippen molar-refractivity contribution >= 4 is 17.5 Å². The van der Waals surface area contributed by atoms with Gasteiger partial charge in [-0.15, -0.1) is 0 Å². The van der Waals surface area contributed by atoms with Crippen LogP contribution in [0.15, 0.2) is 23.4 Å². The lowest BCUT2D eigenvalue weighted by Gasteiger charge is -2.33. The number of hydrogen-bond donors (Lipinski definition) is 2. The fraction of sp³-hybridized carbons (Fsp3) is 0.609. The molecule has 11 nitrogen and oxygen atoms in total. The molecule has 2 saturated heterocycles. The third-order valence-corrected chi connectivity index (χ3v) is 6.58. The molecule has 40 heavy (non-hydrogen) atoms. The SMILES string of the molecule is O=C1CN(CCCOC[C@H](Nc2cn[nH]c(=O)c2C(F)(F)F)[C@@H]2CCOC2)CCN1c1ncc(C(F)(F)F)cn1. The molecule has 4 rings (SSSR count). The monoisotopic (exact) mass is 579 g/mol. The summed E-state index contributed by atoms with van der Waals surface area (Å²) < 4.78 is 89.6. The molecule has 4 heterocycles. The number of piperazine rings is 1. The molecule has 2 aromatic rings. The maximum atomic E-state index is 13.4. The van der Waals surface area contributed by atoms with E-state index in [4.69, 9.17) is 9.47 Å². The highest BCUT2D eigenvalue weighted by molar-refractivity contribution is 5.93. The maximum absolute atomic E-state index is 13.4. The van der Waals surface area contributed by atoms with Crippen LogP contribution in [0.2, 0.25) is 0 Å². The predicted octanol–water partition coefficient (Wildman–Crippen LogP) is 2.17. The van der Waals surface area contributed by atoms with Crippen molar-refractivity contribution in [3.05, 3.63) is 40.1 Å². The molecule has 17 heteroatoms. The number of halogens is 6. The maximum Gasteiger partial charge on any atom is 0.423 e. The van der Waals surface area contributed by atoms with Crippen LogP contribution in [0.25, 0.3) is 0 Å². The Bertz CT molecular complexity index is 1200. The van der Waals surface area contributed by atoms with Gasteiger partial charge in [0.25, 0.3) is 5.56 Å². The first-order valence-corrected chi connectivity index (χ1v) is 12.4. The number of carbonyl (C=O) groups excluding carboxylic acids is 1. The Morgan fingerprint density at radius 3 is 2.48 bits per heavy atom. The van der Waals surface area contributed by atoms with E-state index < -0.39 is 40.8 Å². The minimum atomic E-state index is -4.88. The van der Waals surface area contributed by atoms with E-state index >= 15 is 0 Å². The number of ether oxygens (including phenoxy) is 2. The lowest BCUT2D eigenvalue weighted by molar-refractivity contribution is -0.139. The zero-order valence-corrected chi connectivity index (χ0v) is 21.1. The highest BCUT2D eigenvalue weighted by atomic mass is 19.4. The van der Waals surface area contributed by atoms with Crippen LogP contribution in [0, 0.1) is 5.92 Å². The summed E-state index contributed by atoms with van der Waals surface area (Å²) in [4.78, 5) is 34.7. The van der Waals surface area contributed by atoms with E-state index in [0.29, 0.717) is 51.5 Å². The molecule has 1 amide bonds. The van der Waals surface area contributed by atoms with Gasteiger partial charge in [-0.1, -0.05) is 0 Å². The zero-order chi connectivity index (χ0) is 28.9. The molecule has 0 radical (unpaired) electrons. The van der Waals surface area contributed by atoms with Crippen molar-refractivity contribution in [3.63, 3.8) is 0 Å². The highest BCUT2D eigenvalue weighted by Gasteiger charge is 2.39. The number of aromatic nitrogens is 4. The van der Waals surface area contributed by atoms with Crippen LogP contribution in [0.3, 0.4) is 0 Å². The number of nitrogens with one attached hydrogen (secondary N) is 2. The topological polar surface area (TPSA) is 126 Å². The van der Waals surface area contributed by atoms with Crippen molar-refractivity contribution < 1.29 is 40.6 Å². The second kappa shape index (κ2) is 12.5. The van der Waals surface area contributed by atoms with Crippen LogP contribution in [-0.2, 0) is 26.6 Å². The van der Waals surface area contributed by atoms with Crippen molar-refractivity contribution in [1.29, 1.82) is 0 Å². The second-order valence-corrected chi connectivity index (χ2v) is 9.38. The Balaban J connectivity index is 1.25. The minimum Gasteiger partial charge on any atom is -0.381 e. The Morgan fingerprint density at radius 2 is 1.85 bits per heavy atom. The molecule has 2 aliphatic rings. The van der Waals surface area contributed by atoms with Gasteiger partial charge in [-0.05, 0) is 12.8 Å². The van der Waals surface area contributed by atoms with Crippen LogP contribution in [-0.4, -0.2) is 89.6 Å². The van der Waals surface area contributed by atoms with Crippen molar-refractivity contribution in [2.45, 2.75) is 31.2 Å². The molecule has 2 fully saturated rings. The summed E-state index contributed by atoms with van der Waals surface area (Å²) in [6.45, 7) is 2.23. The molecule has 220 valence electrons. The first-order chi connectivity index (χ1) is 18.9. The number of H-pyrrole nitrogens is 1. The van der Waals surface area contributed by atoms with Gasteiger partial charge in [-0.2, -0.15) is 31.4 Å². The summed E-state index contributed by atoms with van der Waals surface area (Å²) in [7, 11) is 0. The van der Waals surface area contributed by atoms with Gasteiger partial charge in [0, 0.05) is 51.2 Å². The van der Waals surface area contributed by atoms with Crippen LogP contribution >= 0.6 is 0 Å². The molecule has 0 aliphatic carbocycles. The molecule has 0 spiro atoms. The second-order valence-electron chi connectivity index (χ2n) is 9.38. The van der Waals surface area contributed by atoms with Gasteiger partial charge in [0.2, 0.25) is 11.9 Å². The molecule has 2 aliphatic heterocycles. The molecule has 0 bridgehead atoms. The van der Waals surface area contributed by atoms with Crippen molar-refractivity contribution in [3.8, 4) is 0 Å². The van der Waals surface area contributed by atoms with Crippen LogP contribution in [0.1, 0.15) is 24.0 Å². The van der Waals surface area contributed by atoms with E-state index in [1.807, 2.05) is 4.90 Å². The van der Waals surface area contributed by atoms with Crippen molar-refractivity contribution in [1.82, 2.24) is 25.1 Å². The van der Waals surface area contributed by atoms with Crippen molar-refractivity contribution in [2.75, 3.05) is 62.8 Å². The van der Waals surface area contributed by atoms with E-state index in [0.717, 1.165) is 6.20 Å². The average molecular weight is 580 g/mol. The first-order valence-electron chi connectivity index (χ1n) is 12.4. The predicted molar refractivity (Wildman–Crippen MR) is 127 cm³/mol. The van der Waals surface area contributed by atoms with Gasteiger partial charge < -0.3 is 14.8 Å². The summed E-state index contributed by atoms with van der Waals surface area (Å²) in [5, 5.41) is 8.06. The quantitative estimate of drug-likeness (QED) is 0.322. The van der Waals surface area contributed by atoms with Crippen LogP contribution in [0.5, 0.6) is 0 Å². The minimum absolute atomic E-state index is 0.0176. The summed E-state index contributed by atoms with van der Waals surface area (Å²) >= 11 is 0. The zero-order valence-electron chi connectivity index (χ0n) is 21.1. The Hall–Kier alpha value is -3.31. The van der Waals surface area contributed by atoms with Gasteiger partial charge in [-0.25, -0.2) is 15.1 Å². The van der Waals surface area contributed by atoms with Gasteiger partial charge in [0.05, 0.1) is 43.2 Å². The average Bonchev–Trinajstić information content (AvgIpc) is 3.42. The van der Waals surface area contributed by atoms with E-state index in [-0.39, 0.29) is 44.1 Å². The normalized spacial score (nSPS) is 19.7. The Labute approximate surface area is 223 Å². The van der Waals surface area contributed by atoms with Gasteiger partial charge in [0.15, 0.2) is 0 Å². The van der Waals surface area contributed by atoms with Crippen LogP contribution < -0.4 is 15.8 Å². The molecular weight excluding hydrogens is 552 g/mol. The third-order valence-electron chi connectivity index (χ3n) is 6.58. The van der Waals surface area contributed by atoms with E-state index in [1.54, 1.807) is 5.10 Å². The summed E-state index contributed by atoms with van der Waals surface area (Å²) in [6, 6.07) is -0.568. The van der Waals surface area contributed by atoms with Crippen LogP contribution in [0.4, 0.5) is 38.0 Å². The number of nitrogens with zero attached hydrogens (tertiary/aromatic N) is 5. The lowest BCUT2D eigenvalue weighted by Crippen LogP contribution is -2.51. The molecule has 0 saturated carbocycles. The summed E-state index contributed by atoms with van der Waals surface area (Å²) in [5.41, 5.74) is -4.16. The van der Waals surface area contributed by atoms with E-state index in [9.17, 15) is 35.9 Å². The smallest absolute Gasteiger partial charge is 0.381 e. The van der Waals surface area contributed by atoms with Crippen molar-refractivity contribution in [2.24, 2.45) is 5.92 Å². The molecule has 2 atom stereocenters. The highest BCUT2D eigenvalue weighted by Crippen LogP contribution is 2.33. The number of alkyl halides is 6. The Kier molecular flexibility index (Phi) is 9.25. The summed E-state index contributed by atoms with van der Waals surface area (Å²) in [6.07, 6.45) is -6.15. The first kappa shape index (κ1) is 29.7. The molecule has 0 aromatic carbocycles. The fourth-order valence-electron chi connectivity index (χ4n) is 4.49. The number of aromatic amines is 1. The van der Waals surface area contributed by atoms with Gasteiger partial charge in [0.1, 0.15) is 5.56 Å². The van der Waals surface area contributed by atoms with E-state index in [2.05, 4.69) is 20.4 Å². The fourth-order valence-corrected chi connectivity index (χ4v) is 4.49. The van der Waals surface area contributed by atoms with E-state index in [1.165, 1.54) is 4.90 Å². The van der Waals surface area contributed by atoms with Gasteiger partial charge >= 0.3 is 12.4 Å². The molecule has 0 unspecified atom stereocenters. The lowest BCUT2D eigenvalue weighted by atomic mass is 9.99. The number of anilines is 2. The number of rotatable bonds is 10. The molecule has 2 N–H and O–H groups in total. The largest absolute Gasteiger partial charge is 0.423 e. The molecule has 2 aromatic heterocycles. The number of hydrogen-bond acceptors (Lipinski definition) is 9. The number of amides is 1. The van der Waals surface area contributed by atoms with Gasteiger partial charge in [-0.3, -0.25) is 19.4 Å². The number of carbonyl (C=O) groups is 1. The molecular formula is C23H27F6N7O4. The Morgan fingerprint density at radius 1 is 1.10 bits per heavy atom. The third kappa shape index (κ3) is 7.45. The standard InChI is InChI=1S/C23H27F6N7O4/c24-22(25,26)15-8-30-21(31-9-15)36-5-4-35(11-18(36)37)3-1-6-39-13-17(14-2-7-40-12-14)33-16-10-32-34-20(38)19(16)23(27,28)29/h8-10,14,17H,1-7,11-13H2,(H2,33,34,38)/t14-,17+/m1/s1. The summed E-state index contributed by atoms with van der Waals surface area (Å²) in [5.74, 6) is -0.595.